The molecule has 33 heavy (non-hydrogen) atoms. The van der Waals surface area contributed by atoms with Crippen molar-refractivity contribution in [1.29, 1.82) is 0 Å². The lowest BCUT2D eigenvalue weighted by atomic mass is 10.1. The second-order valence-corrected chi connectivity index (χ2v) is 9.07. The van der Waals surface area contributed by atoms with E-state index >= 15 is 0 Å². The number of aryl methyl sites for hydroxylation is 1. The maximum atomic E-state index is 12.8. The van der Waals surface area contributed by atoms with E-state index in [0.29, 0.717) is 40.3 Å². The number of hydrogen-bond donors (Lipinski definition) is 1. The number of benzene rings is 1. The number of anilines is 1. The van der Waals surface area contributed by atoms with E-state index in [2.05, 4.69) is 15.2 Å². The number of hydrogen-bond acceptors (Lipinski definition) is 7. The molecule has 4 rings (SSSR count). The Kier molecular flexibility index (Phi) is 7.32. The maximum absolute atomic E-state index is 12.8. The Hall–Kier alpha value is -2.88. The van der Waals surface area contributed by atoms with Gasteiger partial charge >= 0.3 is 0 Å². The van der Waals surface area contributed by atoms with Gasteiger partial charge in [0.2, 0.25) is 5.91 Å². The summed E-state index contributed by atoms with van der Waals surface area (Å²) >= 11 is 7.44. The molecule has 1 aliphatic rings. The van der Waals surface area contributed by atoms with Gasteiger partial charge < -0.3 is 14.1 Å². The van der Waals surface area contributed by atoms with E-state index in [0.717, 1.165) is 30.9 Å². The highest BCUT2D eigenvalue weighted by Gasteiger charge is 2.23. The third-order valence-electron chi connectivity index (χ3n) is 5.57. The number of halogens is 1. The van der Waals surface area contributed by atoms with Crippen LogP contribution in [0.15, 0.2) is 40.3 Å². The van der Waals surface area contributed by atoms with E-state index in [1.807, 2.05) is 23.1 Å². The molecule has 1 saturated heterocycles. The minimum atomic E-state index is -0.277. The van der Waals surface area contributed by atoms with Gasteiger partial charge in [-0.25, -0.2) is 4.98 Å². The third-order valence-corrected chi connectivity index (χ3v) is 6.61. The van der Waals surface area contributed by atoms with E-state index in [1.54, 1.807) is 25.5 Å². The van der Waals surface area contributed by atoms with Crippen molar-refractivity contribution in [2.45, 2.75) is 19.9 Å². The van der Waals surface area contributed by atoms with Crippen LogP contribution in [0, 0.1) is 6.92 Å². The van der Waals surface area contributed by atoms with Gasteiger partial charge in [0.15, 0.2) is 5.13 Å². The number of rotatable bonds is 7. The molecule has 0 bridgehead atoms. The van der Waals surface area contributed by atoms with Crippen molar-refractivity contribution >= 4 is 39.9 Å². The summed E-state index contributed by atoms with van der Waals surface area (Å²) < 4.78 is 10.6. The summed E-state index contributed by atoms with van der Waals surface area (Å²) in [6.45, 7) is 5.28. The molecule has 0 radical (unpaired) electrons. The molecule has 3 heterocycles. The van der Waals surface area contributed by atoms with Crippen LogP contribution in [0.25, 0.3) is 0 Å². The number of nitrogens with one attached hydrogen (secondary N) is 1. The number of nitrogens with zero attached hydrogens (tertiary/aromatic N) is 3. The molecule has 2 amide bonds. The van der Waals surface area contributed by atoms with Crippen molar-refractivity contribution in [2.75, 3.05) is 38.6 Å². The Morgan fingerprint density at radius 2 is 2.03 bits per heavy atom. The van der Waals surface area contributed by atoms with E-state index in [4.69, 9.17) is 20.8 Å². The summed E-state index contributed by atoms with van der Waals surface area (Å²) in [7, 11) is 1.65. The van der Waals surface area contributed by atoms with E-state index in [-0.39, 0.29) is 18.2 Å². The standard InChI is InChI=1S/C23H25ClN4O4S/c1-15-19(5-10-32-15)22(30)26-23-25-18(14-33-23)12-21(29)28-8-6-27(7-9-28)13-16-11-17(24)3-4-20(16)31-2/h3-5,10-11,14H,6-9,12-13H2,1-2H3,(H,25,26,30). The lowest BCUT2D eigenvalue weighted by Gasteiger charge is -2.35. The van der Waals surface area contributed by atoms with Gasteiger partial charge in [0, 0.05) is 48.7 Å². The molecule has 1 fully saturated rings. The summed E-state index contributed by atoms with van der Waals surface area (Å²) in [5, 5.41) is 5.70. The topological polar surface area (TPSA) is 87.9 Å². The Morgan fingerprint density at radius 1 is 1.24 bits per heavy atom. The zero-order valence-electron chi connectivity index (χ0n) is 18.5. The summed E-state index contributed by atoms with van der Waals surface area (Å²) in [5.74, 6) is 1.12. The molecule has 0 saturated carbocycles. The fourth-order valence-electron chi connectivity index (χ4n) is 3.76. The molecule has 0 atom stereocenters. The fraction of sp³-hybridized carbons (Fsp3) is 0.348. The second kappa shape index (κ2) is 10.4. The number of aromatic nitrogens is 1. The average Bonchev–Trinajstić information content (AvgIpc) is 3.43. The number of carbonyl (C=O) groups excluding carboxylic acids is 2. The first-order chi connectivity index (χ1) is 15.9. The second-order valence-electron chi connectivity index (χ2n) is 7.78. The molecule has 1 aliphatic heterocycles. The van der Waals surface area contributed by atoms with Gasteiger partial charge in [-0.05, 0) is 31.2 Å². The lowest BCUT2D eigenvalue weighted by Crippen LogP contribution is -2.48. The van der Waals surface area contributed by atoms with Crippen LogP contribution in [-0.2, 0) is 17.8 Å². The smallest absolute Gasteiger partial charge is 0.260 e. The van der Waals surface area contributed by atoms with E-state index in [1.165, 1.54) is 17.6 Å². The number of carbonyl (C=O) groups is 2. The van der Waals surface area contributed by atoms with Crippen molar-refractivity contribution in [3.8, 4) is 5.75 Å². The maximum Gasteiger partial charge on any atom is 0.260 e. The van der Waals surface area contributed by atoms with Crippen LogP contribution in [0.4, 0.5) is 5.13 Å². The molecular weight excluding hydrogens is 464 g/mol. The van der Waals surface area contributed by atoms with Crippen molar-refractivity contribution in [3.63, 3.8) is 0 Å². The van der Waals surface area contributed by atoms with Crippen LogP contribution >= 0.6 is 22.9 Å². The van der Waals surface area contributed by atoms with Gasteiger partial charge in [0.1, 0.15) is 11.5 Å². The molecule has 1 aromatic carbocycles. The summed E-state index contributed by atoms with van der Waals surface area (Å²) in [4.78, 5) is 33.6. The molecule has 3 aromatic rings. The molecule has 0 unspecified atom stereocenters. The zero-order valence-corrected chi connectivity index (χ0v) is 20.0. The number of ether oxygens (including phenoxy) is 1. The van der Waals surface area contributed by atoms with Crippen LogP contribution in [-0.4, -0.2) is 59.9 Å². The van der Waals surface area contributed by atoms with Crippen LogP contribution in [0.1, 0.15) is 27.4 Å². The van der Waals surface area contributed by atoms with Gasteiger partial charge in [0.25, 0.3) is 5.91 Å². The summed E-state index contributed by atoms with van der Waals surface area (Å²) in [6.07, 6.45) is 1.68. The zero-order chi connectivity index (χ0) is 23.4. The highest BCUT2D eigenvalue weighted by molar-refractivity contribution is 7.14. The first-order valence-corrected chi connectivity index (χ1v) is 11.8. The van der Waals surface area contributed by atoms with Gasteiger partial charge in [-0.3, -0.25) is 19.8 Å². The molecule has 0 aliphatic carbocycles. The fourth-order valence-corrected chi connectivity index (χ4v) is 4.66. The third kappa shape index (κ3) is 5.73. The Balaban J connectivity index is 1.27. The van der Waals surface area contributed by atoms with Gasteiger partial charge in [-0.15, -0.1) is 11.3 Å². The molecule has 0 spiro atoms. The quantitative estimate of drug-likeness (QED) is 0.543. The Bertz CT molecular complexity index is 1140. The van der Waals surface area contributed by atoms with Gasteiger partial charge in [0.05, 0.1) is 31.1 Å². The Labute approximate surface area is 201 Å². The molecule has 2 aromatic heterocycles. The first-order valence-electron chi connectivity index (χ1n) is 10.6. The molecular formula is C23H25ClN4O4S. The molecule has 10 heteroatoms. The normalized spacial score (nSPS) is 14.3. The van der Waals surface area contributed by atoms with Crippen molar-refractivity contribution in [1.82, 2.24) is 14.8 Å². The van der Waals surface area contributed by atoms with Crippen molar-refractivity contribution < 1.29 is 18.7 Å². The van der Waals surface area contributed by atoms with Crippen LogP contribution in [0.3, 0.4) is 0 Å². The minimum Gasteiger partial charge on any atom is -0.496 e. The lowest BCUT2D eigenvalue weighted by molar-refractivity contribution is -0.132. The summed E-state index contributed by atoms with van der Waals surface area (Å²) in [5.41, 5.74) is 2.15. The van der Waals surface area contributed by atoms with E-state index < -0.39 is 0 Å². The van der Waals surface area contributed by atoms with Crippen molar-refractivity contribution in [2.24, 2.45) is 0 Å². The Morgan fingerprint density at radius 3 is 2.73 bits per heavy atom. The number of piperazine rings is 1. The minimum absolute atomic E-state index is 0.0313. The van der Waals surface area contributed by atoms with Gasteiger partial charge in [-0.2, -0.15) is 0 Å². The number of methoxy groups -OCH3 is 1. The van der Waals surface area contributed by atoms with E-state index in [9.17, 15) is 9.59 Å². The predicted octanol–water partition coefficient (Wildman–Crippen LogP) is 3.85. The monoisotopic (exact) mass is 488 g/mol. The van der Waals surface area contributed by atoms with Crippen LogP contribution in [0.5, 0.6) is 5.75 Å². The SMILES string of the molecule is COc1ccc(Cl)cc1CN1CCN(C(=O)Cc2csc(NC(=O)c3ccoc3C)n2)CC1. The molecule has 8 nitrogen and oxygen atoms in total. The number of amides is 2. The predicted molar refractivity (Wildman–Crippen MR) is 127 cm³/mol. The number of furan rings is 1. The highest BCUT2D eigenvalue weighted by atomic mass is 35.5. The average molecular weight is 489 g/mol. The largest absolute Gasteiger partial charge is 0.496 e. The highest BCUT2D eigenvalue weighted by Crippen LogP contribution is 2.25. The van der Waals surface area contributed by atoms with Crippen LogP contribution < -0.4 is 10.1 Å². The summed E-state index contributed by atoms with van der Waals surface area (Å²) in [6, 6.07) is 7.22. The molecule has 174 valence electrons. The van der Waals surface area contributed by atoms with Crippen molar-refractivity contribution in [3.05, 3.63) is 63.5 Å². The van der Waals surface area contributed by atoms with Gasteiger partial charge in [-0.1, -0.05) is 11.6 Å². The molecule has 1 N–H and O–H groups in total. The van der Waals surface area contributed by atoms with Crippen LogP contribution in [0.2, 0.25) is 5.02 Å². The first kappa shape index (κ1) is 23.3. The number of thiazole rings is 1.